The summed E-state index contributed by atoms with van der Waals surface area (Å²) in [5, 5.41) is 0. The van der Waals surface area contributed by atoms with E-state index >= 15 is 0 Å². The molecule has 36 heavy (non-hydrogen) atoms. The van der Waals surface area contributed by atoms with Crippen LogP contribution in [0.5, 0.6) is 0 Å². The fourth-order valence-corrected chi connectivity index (χ4v) is 2.36. The summed E-state index contributed by atoms with van der Waals surface area (Å²) in [7, 11) is 2.51. The minimum Gasteiger partial charge on any atom is -0.438 e. The molecule has 214 valence electrons. The standard InChI is InChI=1S/C8H16.2C6H6.C3H6O3.5C2H6/c1-8(2)6-4-3-5-7-8;2*1-2-4-6-5-3-1;1-5-3(4)6-2;5*1-2/h3-7H2,1-2H3;2*1-6H;1-2H3;5*1-2H3. The lowest BCUT2D eigenvalue weighted by molar-refractivity contribution is 0.0924. The van der Waals surface area contributed by atoms with Crippen molar-refractivity contribution in [3.63, 3.8) is 0 Å². The van der Waals surface area contributed by atoms with Crippen molar-refractivity contribution in [2.75, 3.05) is 14.2 Å². The Balaban J connectivity index is -0.0000000750. The smallest absolute Gasteiger partial charge is 0.438 e. The molecule has 0 amide bonds. The number of methoxy groups -OCH3 is 2. The summed E-state index contributed by atoms with van der Waals surface area (Å²) in [6.45, 7) is 24.8. The molecule has 1 fully saturated rings. The van der Waals surface area contributed by atoms with Crippen molar-refractivity contribution in [3.8, 4) is 0 Å². The highest BCUT2D eigenvalue weighted by Crippen LogP contribution is 2.34. The van der Waals surface area contributed by atoms with Crippen LogP contribution in [0, 0.1) is 5.41 Å². The molecule has 0 saturated heterocycles. The zero-order chi connectivity index (χ0) is 29.5. The van der Waals surface area contributed by atoms with E-state index in [2.05, 4.69) is 23.3 Å². The lowest BCUT2D eigenvalue weighted by Crippen LogP contribution is -2.14. The van der Waals surface area contributed by atoms with Gasteiger partial charge >= 0.3 is 6.16 Å². The van der Waals surface area contributed by atoms with Gasteiger partial charge in [-0.25, -0.2) is 4.79 Å². The van der Waals surface area contributed by atoms with Crippen molar-refractivity contribution in [1.82, 2.24) is 0 Å². The van der Waals surface area contributed by atoms with Gasteiger partial charge < -0.3 is 9.47 Å². The Labute approximate surface area is 228 Å². The Morgan fingerprint density at radius 1 is 0.472 bits per heavy atom. The Morgan fingerprint density at radius 2 is 0.667 bits per heavy atom. The normalized spacial score (nSPS) is 10.8. The molecule has 2 aromatic carbocycles. The van der Waals surface area contributed by atoms with E-state index in [4.69, 9.17) is 0 Å². The number of hydrogen-bond acceptors (Lipinski definition) is 3. The highest BCUT2D eigenvalue weighted by Gasteiger charge is 2.19. The van der Waals surface area contributed by atoms with Gasteiger partial charge in [0, 0.05) is 0 Å². The van der Waals surface area contributed by atoms with E-state index in [1.54, 1.807) is 0 Å². The zero-order valence-electron chi connectivity index (χ0n) is 26.7. The molecule has 0 unspecified atom stereocenters. The first-order valence-corrected chi connectivity index (χ1v) is 14.1. The highest BCUT2D eigenvalue weighted by atomic mass is 16.7. The summed E-state index contributed by atoms with van der Waals surface area (Å²) < 4.78 is 8.08. The van der Waals surface area contributed by atoms with Crippen molar-refractivity contribution in [2.24, 2.45) is 5.41 Å². The number of benzene rings is 2. The monoisotopic (exact) mass is 508 g/mol. The maximum Gasteiger partial charge on any atom is 0.507 e. The number of rotatable bonds is 0. The molecule has 0 bridgehead atoms. The van der Waals surface area contributed by atoms with E-state index < -0.39 is 6.16 Å². The third-order valence-corrected chi connectivity index (χ3v) is 3.87. The molecule has 3 rings (SSSR count). The Kier molecular flexibility index (Phi) is 64.9. The van der Waals surface area contributed by atoms with Gasteiger partial charge in [0.15, 0.2) is 0 Å². The average molecular weight is 509 g/mol. The first kappa shape index (κ1) is 47.0. The van der Waals surface area contributed by atoms with Crippen molar-refractivity contribution in [1.29, 1.82) is 0 Å². The van der Waals surface area contributed by atoms with Crippen LogP contribution in [0.25, 0.3) is 0 Å². The predicted octanol–water partition coefficient (Wildman–Crippen LogP) is 11.9. The predicted molar refractivity (Wildman–Crippen MR) is 166 cm³/mol. The second kappa shape index (κ2) is 49.8. The summed E-state index contributed by atoms with van der Waals surface area (Å²) in [5.74, 6) is 0. The lowest BCUT2D eigenvalue weighted by atomic mass is 9.78. The first-order chi connectivity index (χ1) is 17.5. The van der Waals surface area contributed by atoms with Gasteiger partial charge in [-0.05, 0) is 18.3 Å². The third-order valence-electron chi connectivity index (χ3n) is 3.87. The van der Waals surface area contributed by atoms with Crippen LogP contribution in [-0.4, -0.2) is 20.4 Å². The van der Waals surface area contributed by atoms with E-state index in [0.717, 1.165) is 0 Å². The second-order valence-corrected chi connectivity index (χ2v) is 6.69. The first-order valence-electron chi connectivity index (χ1n) is 14.1. The van der Waals surface area contributed by atoms with Crippen LogP contribution in [0.4, 0.5) is 4.79 Å². The van der Waals surface area contributed by atoms with E-state index in [-0.39, 0.29) is 0 Å². The van der Waals surface area contributed by atoms with Crippen molar-refractivity contribution in [2.45, 2.75) is 115 Å². The summed E-state index contributed by atoms with van der Waals surface area (Å²) >= 11 is 0. The van der Waals surface area contributed by atoms with Crippen molar-refractivity contribution < 1.29 is 14.3 Å². The Morgan fingerprint density at radius 3 is 0.750 bits per heavy atom. The third kappa shape index (κ3) is 53.2. The molecule has 0 heterocycles. The Bertz CT molecular complexity index is 426. The fraction of sp³-hybridized carbons (Fsp3) is 0.606. The Hall–Kier alpha value is -2.29. The van der Waals surface area contributed by atoms with Crippen LogP contribution in [0.15, 0.2) is 72.8 Å². The van der Waals surface area contributed by atoms with E-state index in [1.165, 1.54) is 46.3 Å². The van der Waals surface area contributed by atoms with Crippen molar-refractivity contribution >= 4 is 6.16 Å². The SMILES string of the molecule is CC.CC.CC.CC.CC.CC1(C)CCCCC1.COC(=O)OC.c1ccccc1.c1ccccc1. The molecular formula is C33H64O3. The molecule has 0 aromatic heterocycles. The van der Waals surface area contributed by atoms with Gasteiger partial charge in [-0.2, -0.15) is 0 Å². The fourth-order valence-electron chi connectivity index (χ4n) is 2.36. The summed E-state index contributed by atoms with van der Waals surface area (Å²) in [6.07, 6.45) is 6.65. The van der Waals surface area contributed by atoms with Gasteiger partial charge in [0.25, 0.3) is 0 Å². The molecule has 0 N–H and O–H groups in total. The molecule has 3 heteroatoms. The quantitative estimate of drug-likeness (QED) is 0.332. The molecule has 2 aromatic rings. The number of ether oxygens (including phenoxy) is 2. The molecule has 3 nitrogen and oxygen atoms in total. The van der Waals surface area contributed by atoms with Gasteiger partial charge in [-0.1, -0.05) is 175 Å². The second-order valence-electron chi connectivity index (χ2n) is 6.69. The van der Waals surface area contributed by atoms with Crippen LogP contribution in [-0.2, 0) is 9.47 Å². The van der Waals surface area contributed by atoms with Crippen LogP contribution in [0.2, 0.25) is 0 Å². The molecule has 0 atom stereocenters. The maximum atomic E-state index is 9.74. The summed E-state index contributed by atoms with van der Waals surface area (Å²) in [4.78, 5) is 9.74. The van der Waals surface area contributed by atoms with E-state index in [9.17, 15) is 4.79 Å². The molecule has 1 saturated carbocycles. The molecule has 0 spiro atoms. The van der Waals surface area contributed by atoms with Crippen LogP contribution in [0.1, 0.15) is 115 Å². The van der Waals surface area contributed by atoms with E-state index in [0.29, 0.717) is 5.41 Å². The van der Waals surface area contributed by atoms with Crippen LogP contribution >= 0.6 is 0 Å². The summed E-state index contributed by atoms with van der Waals surface area (Å²) in [6, 6.07) is 24.0. The van der Waals surface area contributed by atoms with E-state index in [1.807, 2.05) is 142 Å². The molecule has 1 aliphatic rings. The maximum absolute atomic E-state index is 9.74. The van der Waals surface area contributed by atoms with Gasteiger partial charge in [-0.15, -0.1) is 0 Å². The number of hydrogen-bond donors (Lipinski definition) is 0. The zero-order valence-corrected chi connectivity index (χ0v) is 26.7. The highest BCUT2D eigenvalue weighted by molar-refractivity contribution is 5.59. The molecule has 1 aliphatic carbocycles. The van der Waals surface area contributed by atoms with Crippen LogP contribution < -0.4 is 0 Å². The van der Waals surface area contributed by atoms with Crippen LogP contribution in [0.3, 0.4) is 0 Å². The molecule has 0 radical (unpaired) electrons. The minimum atomic E-state index is -0.657. The lowest BCUT2D eigenvalue weighted by Gasteiger charge is -2.28. The average Bonchev–Trinajstić information content (AvgIpc) is 3.00. The summed E-state index contributed by atoms with van der Waals surface area (Å²) in [5.41, 5.74) is 0.679. The van der Waals surface area contributed by atoms with Crippen molar-refractivity contribution in [3.05, 3.63) is 72.8 Å². The van der Waals surface area contributed by atoms with Gasteiger partial charge in [-0.3, -0.25) is 0 Å². The number of carbonyl (C=O) groups is 1. The minimum absolute atomic E-state index is 0.657. The largest absolute Gasteiger partial charge is 0.507 e. The van der Waals surface area contributed by atoms with Gasteiger partial charge in [0.1, 0.15) is 0 Å². The number of carbonyl (C=O) groups excluding carboxylic acids is 1. The molecule has 0 aliphatic heterocycles. The molecular weight excluding hydrogens is 444 g/mol. The van der Waals surface area contributed by atoms with Gasteiger partial charge in [0.2, 0.25) is 0 Å². The topological polar surface area (TPSA) is 35.5 Å². The van der Waals surface area contributed by atoms with Gasteiger partial charge in [0.05, 0.1) is 14.2 Å².